The Balaban J connectivity index is 1.85. The van der Waals surface area contributed by atoms with Crippen LogP contribution in [0.5, 0.6) is 11.5 Å². The molecule has 25 heavy (non-hydrogen) atoms. The molecule has 0 bridgehead atoms. The van der Waals surface area contributed by atoms with Gasteiger partial charge < -0.3 is 14.8 Å². The predicted molar refractivity (Wildman–Crippen MR) is 95.7 cm³/mol. The van der Waals surface area contributed by atoms with Crippen molar-refractivity contribution in [2.24, 2.45) is 0 Å². The number of rotatable bonds is 10. The van der Waals surface area contributed by atoms with Crippen molar-refractivity contribution < 1.29 is 14.3 Å². The molecule has 136 valence electrons. The Hall–Kier alpha value is -2.26. The van der Waals surface area contributed by atoms with Crippen molar-refractivity contribution in [1.82, 2.24) is 10.2 Å². The van der Waals surface area contributed by atoms with Gasteiger partial charge in [0.1, 0.15) is 13.0 Å². The third-order valence-corrected chi connectivity index (χ3v) is 4.15. The lowest BCUT2D eigenvalue weighted by atomic mass is 10.1. The summed E-state index contributed by atoms with van der Waals surface area (Å²) in [4.78, 5) is 13.7. The van der Waals surface area contributed by atoms with Gasteiger partial charge in [0, 0.05) is 13.1 Å². The highest BCUT2D eigenvalue weighted by molar-refractivity contribution is 5.77. The van der Waals surface area contributed by atoms with E-state index in [1.54, 1.807) is 0 Å². The zero-order valence-electron chi connectivity index (χ0n) is 14.9. The summed E-state index contributed by atoms with van der Waals surface area (Å²) in [6, 6.07) is 7.72. The van der Waals surface area contributed by atoms with E-state index < -0.39 is 0 Å². The fraction of sp³-hybridized carbons (Fsp3) is 0.579. The molecule has 1 saturated heterocycles. The Morgan fingerprint density at radius 1 is 1.28 bits per heavy atom. The Kier molecular flexibility index (Phi) is 8.06. The first-order valence-corrected chi connectivity index (χ1v) is 8.97. The van der Waals surface area contributed by atoms with Crippen LogP contribution in [0.2, 0.25) is 0 Å². The molecule has 1 amide bonds. The Bertz CT molecular complexity index is 592. The number of nitriles is 1. The summed E-state index contributed by atoms with van der Waals surface area (Å²) in [6.45, 7) is 6.95. The van der Waals surface area contributed by atoms with Crippen LogP contribution in [-0.2, 0) is 11.2 Å². The molecule has 1 fully saturated rings. The van der Waals surface area contributed by atoms with Crippen molar-refractivity contribution in [3.8, 4) is 17.6 Å². The lowest BCUT2D eigenvalue weighted by Crippen LogP contribution is -2.25. The van der Waals surface area contributed by atoms with Crippen molar-refractivity contribution in [2.75, 3.05) is 39.4 Å². The molecule has 0 aliphatic carbocycles. The van der Waals surface area contributed by atoms with E-state index in [0.29, 0.717) is 26.2 Å². The molecule has 1 aliphatic heterocycles. The minimum atomic E-state index is -0.241. The number of likely N-dealkylation sites (tertiary alicyclic amines) is 1. The van der Waals surface area contributed by atoms with E-state index in [9.17, 15) is 4.79 Å². The maximum atomic E-state index is 11.3. The first-order chi connectivity index (χ1) is 12.2. The number of nitrogens with zero attached hydrogens (tertiary/aromatic N) is 2. The van der Waals surface area contributed by atoms with Gasteiger partial charge in [-0.15, -0.1) is 0 Å². The largest absolute Gasteiger partial charge is 0.490 e. The van der Waals surface area contributed by atoms with Crippen molar-refractivity contribution >= 4 is 5.91 Å². The van der Waals surface area contributed by atoms with E-state index in [1.165, 1.54) is 12.8 Å². The highest BCUT2D eigenvalue weighted by Gasteiger charge is 2.12. The molecular weight excluding hydrogens is 318 g/mol. The van der Waals surface area contributed by atoms with Crippen molar-refractivity contribution in [1.29, 1.82) is 5.26 Å². The third-order valence-electron chi connectivity index (χ3n) is 4.15. The zero-order chi connectivity index (χ0) is 17.9. The summed E-state index contributed by atoms with van der Waals surface area (Å²) >= 11 is 0. The van der Waals surface area contributed by atoms with Gasteiger partial charge >= 0.3 is 0 Å². The Morgan fingerprint density at radius 2 is 2.08 bits per heavy atom. The van der Waals surface area contributed by atoms with Crippen molar-refractivity contribution in [3.63, 3.8) is 0 Å². The Morgan fingerprint density at radius 3 is 2.80 bits per heavy atom. The van der Waals surface area contributed by atoms with Gasteiger partial charge in [-0.05, 0) is 57.0 Å². The van der Waals surface area contributed by atoms with E-state index >= 15 is 0 Å². The fourth-order valence-corrected chi connectivity index (χ4v) is 2.87. The molecule has 1 heterocycles. The number of benzene rings is 1. The van der Waals surface area contributed by atoms with Gasteiger partial charge in [0.05, 0.1) is 12.7 Å². The van der Waals surface area contributed by atoms with Crippen molar-refractivity contribution in [2.45, 2.75) is 32.6 Å². The van der Waals surface area contributed by atoms with Gasteiger partial charge in [0.15, 0.2) is 11.5 Å². The molecule has 0 radical (unpaired) electrons. The summed E-state index contributed by atoms with van der Waals surface area (Å²) in [5.74, 6) is 1.26. The second-order valence-corrected chi connectivity index (χ2v) is 6.05. The topological polar surface area (TPSA) is 74.6 Å². The highest BCUT2D eigenvalue weighted by Crippen LogP contribution is 2.28. The fourth-order valence-electron chi connectivity index (χ4n) is 2.87. The molecule has 0 aromatic heterocycles. The molecule has 0 atom stereocenters. The van der Waals surface area contributed by atoms with Gasteiger partial charge in [-0.1, -0.05) is 6.07 Å². The standard InChI is InChI=1S/C19H27N3O3/c1-2-24-18-15-16(8-10-21-19(23)7-9-20)5-6-17(18)25-14-13-22-11-3-4-12-22/h5-6,15H,2-4,7-8,10-14H2,1H3,(H,21,23). The SMILES string of the molecule is CCOc1cc(CCNC(=O)CC#N)ccc1OCCN1CCCC1. The number of ether oxygens (including phenoxy) is 2. The quantitative estimate of drug-likeness (QED) is 0.703. The maximum Gasteiger partial charge on any atom is 0.234 e. The molecule has 2 rings (SSSR count). The highest BCUT2D eigenvalue weighted by atomic mass is 16.5. The van der Waals surface area contributed by atoms with Crippen LogP contribution < -0.4 is 14.8 Å². The molecule has 6 nitrogen and oxygen atoms in total. The molecule has 1 aliphatic rings. The second-order valence-electron chi connectivity index (χ2n) is 6.05. The third kappa shape index (κ3) is 6.63. The zero-order valence-corrected chi connectivity index (χ0v) is 14.9. The summed E-state index contributed by atoms with van der Waals surface area (Å²) in [7, 11) is 0. The minimum absolute atomic E-state index is 0.103. The number of amides is 1. The van der Waals surface area contributed by atoms with Crippen LogP contribution in [0.1, 0.15) is 31.7 Å². The van der Waals surface area contributed by atoms with Gasteiger partial charge in [-0.25, -0.2) is 0 Å². The van der Waals surface area contributed by atoms with Gasteiger partial charge in [0.25, 0.3) is 0 Å². The van der Waals surface area contributed by atoms with Crippen LogP contribution in [0, 0.1) is 11.3 Å². The molecule has 0 saturated carbocycles. The molecule has 6 heteroatoms. The second kappa shape index (κ2) is 10.6. The van der Waals surface area contributed by atoms with Gasteiger partial charge in [-0.2, -0.15) is 5.26 Å². The molecule has 1 aromatic carbocycles. The van der Waals surface area contributed by atoms with Crippen LogP contribution in [0.3, 0.4) is 0 Å². The average molecular weight is 345 g/mol. The predicted octanol–water partition coefficient (Wildman–Crippen LogP) is 2.13. The number of nitrogens with one attached hydrogen (secondary N) is 1. The number of carbonyl (C=O) groups is 1. The van der Waals surface area contributed by atoms with Gasteiger partial charge in [0.2, 0.25) is 5.91 Å². The first kappa shape index (κ1) is 19.1. The van der Waals surface area contributed by atoms with E-state index in [-0.39, 0.29) is 12.3 Å². The van der Waals surface area contributed by atoms with Crippen LogP contribution in [0.25, 0.3) is 0 Å². The molecule has 1 N–H and O–H groups in total. The lowest BCUT2D eigenvalue weighted by Gasteiger charge is -2.17. The average Bonchev–Trinajstić information content (AvgIpc) is 3.10. The lowest BCUT2D eigenvalue weighted by molar-refractivity contribution is -0.120. The number of carbonyl (C=O) groups excluding carboxylic acids is 1. The maximum absolute atomic E-state index is 11.3. The molecule has 0 unspecified atom stereocenters. The molecular formula is C19H27N3O3. The van der Waals surface area contributed by atoms with E-state index in [4.69, 9.17) is 14.7 Å². The van der Waals surface area contributed by atoms with E-state index in [2.05, 4.69) is 10.2 Å². The summed E-state index contributed by atoms with van der Waals surface area (Å²) in [5, 5.41) is 11.2. The molecule has 1 aromatic rings. The monoisotopic (exact) mass is 345 g/mol. The molecule has 0 spiro atoms. The van der Waals surface area contributed by atoms with Crippen LogP contribution in [-0.4, -0.2) is 50.2 Å². The summed E-state index contributed by atoms with van der Waals surface area (Å²) in [6.07, 6.45) is 3.15. The van der Waals surface area contributed by atoms with E-state index in [1.807, 2.05) is 31.2 Å². The smallest absolute Gasteiger partial charge is 0.234 e. The van der Waals surface area contributed by atoms with E-state index in [0.717, 1.165) is 36.7 Å². The van der Waals surface area contributed by atoms with Crippen LogP contribution in [0.15, 0.2) is 18.2 Å². The summed E-state index contributed by atoms with van der Waals surface area (Å²) in [5.41, 5.74) is 1.06. The van der Waals surface area contributed by atoms with Gasteiger partial charge in [-0.3, -0.25) is 9.69 Å². The van der Waals surface area contributed by atoms with Crippen LogP contribution >= 0.6 is 0 Å². The normalized spacial score (nSPS) is 14.1. The number of hydrogen-bond donors (Lipinski definition) is 1. The first-order valence-electron chi connectivity index (χ1n) is 8.97. The Labute approximate surface area is 149 Å². The summed E-state index contributed by atoms with van der Waals surface area (Å²) < 4.78 is 11.6. The van der Waals surface area contributed by atoms with Crippen molar-refractivity contribution in [3.05, 3.63) is 23.8 Å². The van der Waals surface area contributed by atoms with Crippen LogP contribution in [0.4, 0.5) is 0 Å². The minimum Gasteiger partial charge on any atom is -0.490 e. The number of hydrogen-bond acceptors (Lipinski definition) is 5.